The normalized spacial score (nSPS) is 17.8. The smallest absolute Gasteiger partial charge is 0.122 e. The molecule has 2 aromatic rings. The van der Waals surface area contributed by atoms with Gasteiger partial charge < -0.3 is 10.1 Å². The third kappa shape index (κ3) is 1.86. The van der Waals surface area contributed by atoms with Crippen LogP contribution in [-0.4, -0.2) is 34.6 Å². The number of fused-ring (bicyclic) bond motifs is 1. The van der Waals surface area contributed by atoms with Crippen molar-refractivity contribution in [3.05, 3.63) is 18.2 Å². The fourth-order valence-corrected chi connectivity index (χ4v) is 2.00. The minimum atomic E-state index is 0.325. The van der Waals surface area contributed by atoms with Crippen molar-refractivity contribution in [2.24, 2.45) is 0 Å². The predicted octanol–water partition coefficient (Wildman–Crippen LogP) is 1.09. The van der Waals surface area contributed by atoms with Gasteiger partial charge in [0.1, 0.15) is 22.9 Å². The molecule has 1 aromatic carbocycles. The van der Waals surface area contributed by atoms with Crippen LogP contribution in [0.4, 0.5) is 0 Å². The highest BCUT2D eigenvalue weighted by Crippen LogP contribution is 2.20. The van der Waals surface area contributed by atoms with Gasteiger partial charge in [-0.1, -0.05) is 0 Å². The van der Waals surface area contributed by atoms with Crippen LogP contribution in [0.3, 0.4) is 0 Å². The summed E-state index contributed by atoms with van der Waals surface area (Å²) in [5, 5.41) is 14.0. The Labute approximate surface area is 93.2 Å². The predicted molar refractivity (Wildman–Crippen MR) is 60.4 cm³/mol. The van der Waals surface area contributed by atoms with E-state index >= 15 is 0 Å². The van der Waals surface area contributed by atoms with Gasteiger partial charge >= 0.3 is 0 Å². The van der Waals surface area contributed by atoms with E-state index in [9.17, 15) is 0 Å². The number of H-pyrrole nitrogens is 1. The van der Waals surface area contributed by atoms with E-state index in [1.807, 2.05) is 18.2 Å². The molecule has 1 aromatic heterocycles. The van der Waals surface area contributed by atoms with Gasteiger partial charge in [0.15, 0.2) is 0 Å². The molecule has 0 saturated carbocycles. The number of nitrogens with one attached hydrogen (secondary N) is 2. The number of benzene rings is 1. The van der Waals surface area contributed by atoms with Crippen LogP contribution in [0.25, 0.3) is 11.0 Å². The number of nitrogens with zero attached hydrogens (tertiary/aromatic N) is 2. The van der Waals surface area contributed by atoms with Gasteiger partial charge in [-0.15, -0.1) is 0 Å². The van der Waals surface area contributed by atoms with E-state index in [0.29, 0.717) is 6.10 Å². The summed E-state index contributed by atoms with van der Waals surface area (Å²) in [7, 11) is 0. The maximum Gasteiger partial charge on any atom is 0.122 e. The first-order valence-corrected chi connectivity index (χ1v) is 5.60. The van der Waals surface area contributed by atoms with Gasteiger partial charge in [0.2, 0.25) is 0 Å². The summed E-state index contributed by atoms with van der Waals surface area (Å²) in [6, 6.07) is 5.81. The van der Waals surface area contributed by atoms with Gasteiger partial charge in [0.05, 0.1) is 0 Å². The van der Waals surface area contributed by atoms with Crippen LogP contribution in [0.5, 0.6) is 5.75 Å². The maximum atomic E-state index is 5.91. The molecule has 5 nitrogen and oxygen atoms in total. The first-order chi connectivity index (χ1) is 7.92. The Bertz CT molecular complexity index is 476. The molecule has 1 saturated heterocycles. The number of aromatic amines is 1. The molecule has 1 aliphatic heterocycles. The molecule has 0 amide bonds. The van der Waals surface area contributed by atoms with Gasteiger partial charge in [-0.3, -0.25) is 0 Å². The lowest BCUT2D eigenvalue weighted by atomic mass is 10.1. The second-order valence-corrected chi connectivity index (χ2v) is 4.04. The topological polar surface area (TPSA) is 62.8 Å². The molecular weight excluding hydrogens is 204 g/mol. The number of rotatable bonds is 2. The van der Waals surface area contributed by atoms with Gasteiger partial charge in [-0.25, -0.2) is 0 Å². The lowest BCUT2D eigenvalue weighted by Crippen LogP contribution is -2.34. The Morgan fingerprint density at radius 2 is 1.94 bits per heavy atom. The van der Waals surface area contributed by atoms with Crippen molar-refractivity contribution in [3.8, 4) is 5.75 Å². The molecule has 0 spiro atoms. The average molecular weight is 218 g/mol. The van der Waals surface area contributed by atoms with Crippen molar-refractivity contribution in [2.45, 2.75) is 18.9 Å². The number of hydrogen-bond acceptors (Lipinski definition) is 4. The molecule has 16 heavy (non-hydrogen) atoms. The molecule has 1 fully saturated rings. The van der Waals surface area contributed by atoms with Crippen LogP contribution < -0.4 is 10.1 Å². The minimum absolute atomic E-state index is 0.325. The number of piperidine rings is 1. The first-order valence-electron chi connectivity index (χ1n) is 5.60. The number of ether oxygens (including phenoxy) is 1. The minimum Gasteiger partial charge on any atom is -0.490 e. The fraction of sp³-hybridized carbons (Fsp3) is 0.455. The largest absolute Gasteiger partial charge is 0.490 e. The fourth-order valence-electron chi connectivity index (χ4n) is 2.00. The van der Waals surface area contributed by atoms with Crippen LogP contribution in [0, 0.1) is 0 Å². The Morgan fingerprint density at radius 3 is 2.81 bits per heavy atom. The van der Waals surface area contributed by atoms with E-state index in [2.05, 4.69) is 20.7 Å². The Morgan fingerprint density at radius 1 is 1.12 bits per heavy atom. The van der Waals surface area contributed by atoms with Crippen LogP contribution in [0.2, 0.25) is 0 Å². The van der Waals surface area contributed by atoms with Crippen molar-refractivity contribution in [1.82, 2.24) is 20.7 Å². The van der Waals surface area contributed by atoms with Crippen molar-refractivity contribution in [1.29, 1.82) is 0 Å². The Hall–Kier alpha value is -1.62. The molecule has 84 valence electrons. The van der Waals surface area contributed by atoms with Crippen molar-refractivity contribution in [3.63, 3.8) is 0 Å². The van der Waals surface area contributed by atoms with E-state index in [-0.39, 0.29) is 0 Å². The second kappa shape index (κ2) is 4.09. The molecular formula is C11H14N4O. The molecule has 5 heteroatoms. The molecule has 2 N–H and O–H groups in total. The molecule has 2 heterocycles. The van der Waals surface area contributed by atoms with Crippen molar-refractivity contribution in [2.75, 3.05) is 13.1 Å². The third-order valence-corrected chi connectivity index (χ3v) is 2.88. The summed E-state index contributed by atoms with van der Waals surface area (Å²) >= 11 is 0. The summed E-state index contributed by atoms with van der Waals surface area (Å²) in [5.74, 6) is 0.883. The molecule has 0 unspecified atom stereocenters. The maximum absolute atomic E-state index is 5.91. The van der Waals surface area contributed by atoms with Crippen LogP contribution in [0.1, 0.15) is 12.8 Å². The lowest BCUT2D eigenvalue weighted by molar-refractivity contribution is 0.162. The van der Waals surface area contributed by atoms with E-state index in [1.54, 1.807) is 0 Å². The highest BCUT2D eigenvalue weighted by molar-refractivity contribution is 5.75. The average Bonchev–Trinajstić information content (AvgIpc) is 2.77. The van der Waals surface area contributed by atoms with Crippen molar-refractivity contribution >= 4 is 11.0 Å². The van der Waals surface area contributed by atoms with Gasteiger partial charge in [0.25, 0.3) is 0 Å². The molecule has 0 atom stereocenters. The van der Waals surface area contributed by atoms with E-state index < -0.39 is 0 Å². The van der Waals surface area contributed by atoms with Gasteiger partial charge in [-0.2, -0.15) is 15.4 Å². The highest BCUT2D eigenvalue weighted by Gasteiger charge is 2.14. The lowest BCUT2D eigenvalue weighted by Gasteiger charge is -2.23. The molecule has 0 radical (unpaired) electrons. The van der Waals surface area contributed by atoms with E-state index in [4.69, 9.17) is 4.74 Å². The Balaban J connectivity index is 1.77. The number of aromatic nitrogens is 3. The summed E-state index contributed by atoms with van der Waals surface area (Å²) in [6.45, 7) is 2.08. The SMILES string of the molecule is c1cc2n[nH]nc2cc1OC1CCNCC1. The van der Waals surface area contributed by atoms with E-state index in [0.717, 1.165) is 42.7 Å². The monoisotopic (exact) mass is 218 g/mol. The summed E-state index contributed by atoms with van der Waals surface area (Å²) in [6.07, 6.45) is 2.46. The number of hydrogen-bond donors (Lipinski definition) is 2. The third-order valence-electron chi connectivity index (χ3n) is 2.88. The Kier molecular flexibility index (Phi) is 2.46. The molecule has 3 rings (SSSR count). The summed E-state index contributed by atoms with van der Waals surface area (Å²) in [4.78, 5) is 0. The molecule has 0 aliphatic carbocycles. The van der Waals surface area contributed by atoms with Crippen LogP contribution >= 0.6 is 0 Å². The standard InChI is InChI=1S/C11H14N4O/c1-2-10-11(14-15-13-10)7-9(1)16-8-3-5-12-6-4-8/h1-2,7-8,12H,3-6H2,(H,13,14,15). The van der Waals surface area contributed by atoms with E-state index in [1.165, 1.54) is 0 Å². The zero-order valence-electron chi connectivity index (χ0n) is 8.94. The van der Waals surface area contributed by atoms with Crippen LogP contribution in [0.15, 0.2) is 18.2 Å². The highest BCUT2D eigenvalue weighted by atomic mass is 16.5. The summed E-state index contributed by atoms with van der Waals surface area (Å²) < 4.78 is 5.91. The zero-order valence-corrected chi connectivity index (χ0v) is 8.94. The van der Waals surface area contributed by atoms with Gasteiger partial charge in [-0.05, 0) is 38.1 Å². The first kappa shape index (κ1) is 9.59. The second-order valence-electron chi connectivity index (χ2n) is 4.04. The summed E-state index contributed by atoms with van der Waals surface area (Å²) in [5.41, 5.74) is 1.73. The molecule has 1 aliphatic rings. The van der Waals surface area contributed by atoms with Gasteiger partial charge in [0, 0.05) is 6.07 Å². The molecule has 0 bridgehead atoms. The van der Waals surface area contributed by atoms with Crippen molar-refractivity contribution < 1.29 is 4.74 Å². The van der Waals surface area contributed by atoms with Crippen LogP contribution in [-0.2, 0) is 0 Å². The quantitative estimate of drug-likeness (QED) is 0.792. The zero-order chi connectivity index (χ0) is 10.8.